The number of anilines is 2. The summed E-state index contributed by atoms with van der Waals surface area (Å²) >= 11 is 0. The Kier molecular flexibility index (Phi) is 4.70. The van der Waals surface area contributed by atoms with Crippen molar-refractivity contribution in [2.45, 2.75) is 13.8 Å². The van der Waals surface area contributed by atoms with Gasteiger partial charge in [-0.05, 0) is 52.9 Å². The molecule has 0 aromatic heterocycles. The molecule has 0 spiro atoms. The number of fused-ring (bicyclic) bond motifs is 7. The average Bonchev–Trinajstić information content (AvgIpc) is 2.95. The lowest BCUT2D eigenvalue weighted by atomic mass is 9.88. The van der Waals surface area contributed by atoms with Crippen LogP contribution in [-0.2, 0) is 0 Å². The highest BCUT2D eigenvalue weighted by atomic mass is 15.2. The first kappa shape index (κ1) is 18.8. The van der Waals surface area contributed by atoms with E-state index in [2.05, 4.69) is 72.5 Å². The van der Waals surface area contributed by atoms with E-state index in [0.717, 1.165) is 50.3 Å². The van der Waals surface area contributed by atoms with Gasteiger partial charge in [-0.3, -0.25) is 0 Å². The van der Waals surface area contributed by atoms with Crippen LogP contribution in [0.5, 0.6) is 0 Å². The third-order valence-electron chi connectivity index (χ3n) is 7.02. The minimum Gasteiger partial charge on any atom is -0.233 e. The van der Waals surface area contributed by atoms with Crippen LogP contribution in [0.4, 0.5) is 17.1 Å². The van der Waals surface area contributed by atoms with Crippen molar-refractivity contribution in [1.82, 2.24) is 0 Å². The van der Waals surface area contributed by atoms with Crippen LogP contribution in [0.3, 0.4) is 0 Å². The van der Waals surface area contributed by atoms with Gasteiger partial charge in [0, 0.05) is 18.1 Å². The predicted octanol–water partition coefficient (Wildman–Crippen LogP) is 8.84. The summed E-state index contributed by atoms with van der Waals surface area (Å²) < 4.78 is 27.8. The molecule has 0 saturated heterocycles. The second kappa shape index (κ2) is 8.98. The van der Waals surface area contributed by atoms with E-state index in [0.29, 0.717) is 11.5 Å². The van der Waals surface area contributed by atoms with E-state index in [1.807, 2.05) is 67.6 Å². The normalized spacial score (nSPS) is 14.3. The second-order valence-corrected chi connectivity index (χ2v) is 9.13. The Morgan fingerprint density at radius 2 is 0.944 bits per heavy atom. The molecular weight excluding hydrogens is 436 g/mol. The van der Waals surface area contributed by atoms with Crippen molar-refractivity contribution >= 4 is 22.9 Å². The molecule has 0 radical (unpaired) electrons. The molecule has 0 saturated carbocycles. The summed E-state index contributed by atoms with van der Waals surface area (Å²) in [5.41, 5.74) is 9.68. The molecule has 5 aromatic carbocycles. The van der Waals surface area contributed by atoms with Crippen LogP contribution in [0.1, 0.15) is 16.6 Å². The topological polar surface area (TPSA) is 6.25 Å². The van der Waals surface area contributed by atoms with Gasteiger partial charge in [0.2, 0.25) is 0 Å². The van der Waals surface area contributed by atoms with E-state index < -0.39 is 6.98 Å². The number of rotatable bonds is 1. The number of hydrogen-bond donors (Lipinski definition) is 0. The van der Waals surface area contributed by atoms with Crippen molar-refractivity contribution < 1.29 is 8.69 Å². The lowest BCUT2D eigenvalue weighted by molar-refractivity contribution is -0.405. The first-order chi connectivity index (χ1) is 18.9. The molecule has 2 heteroatoms. The van der Waals surface area contributed by atoms with Gasteiger partial charge in [-0.2, -0.15) is 4.90 Å². The van der Waals surface area contributed by atoms with Gasteiger partial charge in [-0.15, -0.1) is 0 Å². The van der Waals surface area contributed by atoms with Crippen LogP contribution >= 0.6 is 0 Å². The molecule has 1 heterocycles. The molecule has 1 aliphatic rings. The summed E-state index contributed by atoms with van der Waals surface area (Å²) in [6.07, 6.45) is 0. The molecule has 6 rings (SSSR count). The highest BCUT2D eigenvalue weighted by Gasteiger charge is 2.30. The number of nitrogens with zero attached hydrogens (tertiary/aromatic N) is 2. The fraction of sp³-hybridized carbons (Fsp3) is 0.0882. The molecule has 0 bridgehead atoms. The van der Waals surface area contributed by atoms with Crippen LogP contribution < -0.4 is 4.90 Å². The van der Waals surface area contributed by atoms with Crippen LogP contribution in [-0.4, -0.2) is 17.4 Å². The van der Waals surface area contributed by atoms with Gasteiger partial charge in [0.1, 0.15) is 17.1 Å². The van der Waals surface area contributed by atoms with Crippen LogP contribution in [0.2, 0.25) is 0 Å². The lowest BCUT2D eigenvalue weighted by Gasteiger charge is -2.23. The number of aryl methyl sites for hydroxylation is 1. The Hall–Kier alpha value is -4.43. The highest BCUT2D eigenvalue weighted by molar-refractivity contribution is 6.07. The van der Waals surface area contributed by atoms with Crippen molar-refractivity contribution in [3.63, 3.8) is 0 Å². The van der Waals surface area contributed by atoms with E-state index in [-0.39, 0.29) is 0 Å². The molecule has 0 atom stereocenters. The van der Waals surface area contributed by atoms with Gasteiger partial charge in [0.05, 0.1) is 11.1 Å². The van der Waals surface area contributed by atoms with Crippen LogP contribution in [0.15, 0.2) is 121 Å². The first-order valence-corrected chi connectivity index (χ1v) is 12.2. The molecule has 174 valence electrons. The zero-order valence-corrected chi connectivity index (χ0v) is 20.4. The average molecular weight is 469 g/mol. The van der Waals surface area contributed by atoms with Gasteiger partial charge in [-0.1, -0.05) is 103 Å². The van der Waals surface area contributed by atoms with E-state index in [9.17, 15) is 0 Å². The van der Waals surface area contributed by atoms with Crippen molar-refractivity contribution in [2.24, 2.45) is 0 Å². The SMILES string of the molecule is [2H]C([2H])([2H])[N+]1=C(C)N(c2ccccc2C)c2ccccc2-c2ccccc2-c2ccccc2-c2ccccc21. The fourth-order valence-corrected chi connectivity index (χ4v) is 5.27. The maximum atomic E-state index is 8.75. The van der Waals surface area contributed by atoms with Crippen molar-refractivity contribution in [3.05, 3.63) is 127 Å². The van der Waals surface area contributed by atoms with E-state index in [4.69, 9.17) is 4.11 Å². The number of amidine groups is 1. The molecule has 0 amide bonds. The Labute approximate surface area is 217 Å². The lowest BCUT2D eigenvalue weighted by Crippen LogP contribution is -2.30. The Morgan fingerprint density at radius 1 is 0.500 bits per heavy atom. The number of para-hydroxylation sites is 3. The highest BCUT2D eigenvalue weighted by Crippen LogP contribution is 2.45. The van der Waals surface area contributed by atoms with Gasteiger partial charge in [0.25, 0.3) is 5.84 Å². The molecule has 2 nitrogen and oxygen atoms in total. The first-order valence-electron chi connectivity index (χ1n) is 13.7. The fourth-order valence-electron chi connectivity index (χ4n) is 5.27. The molecule has 1 aliphatic heterocycles. The molecule has 5 aromatic rings. The zero-order chi connectivity index (χ0) is 27.1. The van der Waals surface area contributed by atoms with Crippen molar-refractivity contribution in [3.8, 4) is 33.4 Å². The van der Waals surface area contributed by atoms with Gasteiger partial charge < -0.3 is 0 Å². The minimum atomic E-state index is -2.44. The van der Waals surface area contributed by atoms with Crippen molar-refractivity contribution in [2.75, 3.05) is 11.9 Å². The molecule has 0 fully saturated rings. The van der Waals surface area contributed by atoms with Crippen LogP contribution in [0, 0.1) is 6.92 Å². The summed E-state index contributed by atoms with van der Waals surface area (Å²) in [5.74, 6) is 0.598. The van der Waals surface area contributed by atoms with Crippen molar-refractivity contribution in [1.29, 1.82) is 0 Å². The van der Waals surface area contributed by atoms with Crippen LogP contribution in [0.25, 0.3) is 33.4 Å². The smallest absolute Gasteiger partial charge is 0.233 e. The Bertz CT molecular complexity index is 1730. The summed E-state index contributed by atoms with van der Waals surface area (Å²) in [5, 5.41) is 0. The Morgan fingerprint density at radius 3 is 1.56 bits per heavy atom. The minimum absolute atomic E-state index is 0.598. The summed E-state index contributed by atoms with van der Waals surface area (Å²) in [6.45, 7) is 1.53. The molecule has 0 N–H and O–H groups in total. The zero-order valence-electron chi connectivity index (χ0n) is 23.4. The molecule has 36 heavy (non-hydrogen) atoms. The number of hydrogen-bond acceptors (Lipinski definition) is 1. The second-order valence-electron chi connectivity index (χ2n) is 9.13. The molecule has 0 aliphatic carbocycles. The van der Waals surface area contributed by atoms with E-state index in [1.165, 1.54) is 4.58 Å². The van der Waals surface area contributed by atoms with E-state index >= 15 is 0 Å². The Balaban J connectivity index is 1.86. The largest absolute Gasteiger partial charge is 0.258 e. The maximum absolute atomic E-state index is 8.75. The van der Waals surface area contributed by atoms with Gasteiger partial charge >= 0.3 is 0 Å². The summed E-state index contributed by atoms with van der Waals surface area (Å²) in [7, 11) is 0. The third-order valence-corrected chi connectivity index (χ3v) is 7.02. The quantitative estimate of drug-likeness (QED) is 0.223. The van der Waals surface area contributed by atoms with Gasteiger partial charge in [-0.25, -0.2) is 4.58 Å². The molecule has 0 unspecified atom stereocenters. The standard InChI is InChI=1S/C34H29N2/c1-24-14-4-11-21-32(24)36-25(2)35(3)33-22-12-9-19-30(33)28-17-7-5-15-26(28)27-16-6-8-18-29(27)31-20-10-13-23-34(31)36/h4-23H,1-3H3/q+1/i3D3. The summed E-state index contributed by atoms with van der Waals surface area (Å²) in [4.78, 5) is 2.10. The maximum Gasteiger partial charge on any atom is 0.258 e. The molecular formula is C34H29N2+. The predicted molar refractivity (Wildman–Crippen MR) is 153 cm³/mol. The third kappa shape index (κ3) is 3.54. The monoisotopic (exact) mass is 468 g/mol. The summed E-state index contributed by atoms with van der Waals surface area (Å²) in [6, 6.07) is 40.9. The number of benzene rings is 5. The van der Waals surface area contributed by atoms with E-state index in [1.54, 1.807) is 0 Å². The van der Waals surface area contributed by atoms with Gasteiger partial charge in [0.15, 0.2) is 0 Å².